The van der Waals surface area contributed by atoms with Crippen molar-refractivity contribution in [1.29, 1.82) is 0 Å². The van der Waals surface area contributed by atoms with Crippen LogP contribution in [0.15, 0.2) is 12.1 Å². The van der Waals surface area contributed by atoms with Gasteiger partial charge >= 0.3 is 5.97 Å². The Kier molecular flexibility index (Phi) is 3.36. The highest BCUT2D eigenvalue weighted by Crippen LogP contribution is 2.23. The van der Waals surface area contributed by atoms with E-state index in [-0.39, 0.29) is 5.97 Å². The Bertz CT molecular complexity index is 363. The number of nitrogen functional groups attached to an aromatic ring is 1. The number of aryl methyl sites for hydroxylation is 1. The van der Waals surface area contributed by atoms with Crippen LogP contribution < -0.4 is 5.73 Å². The Balaban J connectivity index is 3.09. The Labute approximate surface area is 87.8 Å². The van der Waals surface area contributed by atoms with E-state index in [1.54, 1.807) is 19.9 Å². The molecule has 4 heteroatoms. The number of rotatable bonds is 2. The molecule has 0 saturated heterocycles. The summed E-state index contributed by atoms with van der Waals surface area (Å²) in [6, 6.07) is 3.19. The second kappa shape index (κ2) is 4.33. The lowest BCUT2D eigenvalue weighted by atomic mass is 10.1. The van der Waals surface area contributed by atoms with Gasteiger partial charge in [-0.2, -0.15) is 0 Å². The molecule has 3 nitrogen and oxygen atoms in total. The van der Waals surface area contributed by atoms with Gasteiger partial charge in [-0.05, 0) is 31.5 Å². The quantitative estimate of drug-likeness (QED) is 0.606. The van der Waals surface area contributed by atoms with Gasteiger partial charge in [0.2, 0.25) is 0 Å². The van der Waals surface area contributed by atoms with E-state index in [0.717, 1.165) is 5.56 Å². The zero-order valence-corrected chi connectivity index (χ0v) is 8.89. The van der Waals surface area contributed by atoms with E-state index in [1.807, 2.05) is 0 Å². The Morgan fingerprint density at radius 3 is 2.79 bits per heavy atom. The number of halogens is 1. The smallest absolute Gasteiger partial charge is 0.338 e. The molecule has 0 heterocycles. The van der Waals surface area contributed by atoms with Gasteiger partial charge in [-0.15, -0.1) is 0 Å². The molecule has 0 aliphatic carbocycles. The van der Waals surface area contributed by atoms with Crippen LogP contribution in [-0.2, 0) is 4.74 Å². The maximum Gasteiger partial charge on any atom is 0.338 e. The van der Waals surface area contributed by atoms with Crippen LogP contribution in [0, 0.1) is 6.92 Å². The molecule has 0 unspecified atom stereocenters. The molecule has 0 radical (unpaired) electrons. The van der Waals surface area contributed by atoms with E-state index in [2.05, 4.69) is 0 Å². The SMILES string of the molecule is CCOC(=O)c1cc(Cl)c(N)cc1C. The fraction of sp³-hybridized carbons (Fsp3) is 0.300. The van der Waals surface area contributed by atoms with Gasteiger partial charge in [0.1, 0.15) is 0 Å². The molecule has 2 N–H and O–H groups in total. The van der Waals surface area contributed by atoms with Crippen LogP contribution in [0.4, 0.5) is 5.69 Å². The van der Waals surface area contributed by atoms with Crippen molar-refractivity contribution < 1.29 is 9.53 Å². The van der Waals surface area contributed by atoms with Crippen LogP contribution in [-0.4, -0.2) is 12.6 Å². The standard InChI is InChI=1S/C10H12ClNO2/c1-3-14-10(13)7-5-8(11)9(12)4-6(7)2/h4-5H,3,12H2,1-2H3. The van der Waals surface area contributed by atoms with Crippen molar-refractivity contribution in [3.63, 3.8) is 0 Å². The summed E-state index contributed by atoms with van der Waals surface area (Å²) in [5.41, 5.74) is 7.28. The van der Waals surface area contributed by atoms with E-state index in [0.29, 0.717) is 22.9 Å². The predicted molar refractivity (Wildman–Crippen MR) is 56.6 cm³/mol. The molecule has 0 aliphatic heterocycles. The maximum atomic E-state index is 11.4. The van der Waals surface area contributed by atoms with Gasteiger partial charge in [-0.3, -0.25) is 0 Å². The van der Waals surface area contributed by atoms with Crippen LogP contribution in [0.5, 0.6) is 0 Å². The largest absolute Gasteiger partial charge is 0.462 e. The van der Waals surface area contributed by atoms with Gasteiger partial charge in [0.05, 0.1) is 22.9 Å². The Morgan fingerprint density at radius 2 is 2.21 bits per heavy atom. The van der Waals surface area contributed by atoms with Crippen molar-refractivity contribution in [2.24, 2.45) is 0 Å². The minimum Gasteiger partial charge on any atom is -0.462 e. The number of carbonyl (C=O) groups is 1. The summed E-state index contributed by atoms with van der Waals surface area (Å²) in [5.74, 6) is -0.369. The highest BCUT2D eigenvalue weighted by atomic mass is 35.5. The minimum atomic E-state index is -0.369. The third-order valence-corrected chi connectivity index (χ3v) is 2.17. The number of carbonyl (C=O) groups excluding carboxylic acids is 1. The number of hydrogen-bond donors (Lipinski definition) is 1. The van der Waals surface area contributed by atoms with E-state index >= 15 is 0 Å². The predicted octanol–water partition coefficient (Wildman–Crippen LogP) is 2.41. The molecule has 76 valence electrons. The summed E-state index contributed by atoms with van der Waals surface area (Å²) in [6.45, 7) is 3.89. The van der Waals surface area contributed by atoms with Crippen LogP contribution in [0.2, 0.25) is 5.02 Å². The molecule has 0 saturated carbocycles. The molecule has 1 aromatic carbocycles. The number of esters is 1. The number of nitrogens with two attached hydrogens (primary N) is 1. The molecule has 1 rings (SSSR count). The first-order valence-electron chi connectivity index (χ1n) is 4.29. The average Bonchev–Trinajstić information content (AvgIpc) is 2.11. The summed E-state index contributed by atoms with van der Waals surface area (Å²) in [7, 11) is 0. The molecule has 1 aromatic rings. The minimum absolute atomic E-state index is 0.347. The molecule has 0 amide bonds. The maximum absolute atomic E-state index is 11.4. The monoisotopic (exact) mass is 213 g/mol. The molecule has 0 bridgehead atoms. The summed E-state index contributed by atoms with van der Waals surface area (Å²) < 4.78 is 4.87. The van der Waals surface area contributed by atoms with Crippen molar-refractivity contribution in [3.05, 3.63) is 28.3 Å². The molecule has 0 atom stereocenters. The average molecular weight is 214 g/mol. The Morgan fingerprint density at radius 1 is 1.57 bits per heavy atom. The van der Waals surface area contributed by atoms with E-state index < -0.39 is 0 Å². The molecule has 0 fully saturated rings. The molecule has 14 heavy (non-hydrogen) atoms. The van der Waals surface area contributed by atoms with E-state index in [1.165, 1.54) is 6.07 Å². The number of ether oxygens (including phenoxy) is 1. The van der Waals surface area contributed by atoms with Gasteiger partial charge in [0.15, 0.2) is 0 Å². The van der Waals surface area contributed by atoms with Crippen LogP contribution in [0.25, 0.3) is 0 Å². The van der Waals surface area contributed by atoms with Crippen molar-refractivity contribution in [3.8, 4) is 0 Å². The van der Waals surface area contributed by atoms with Crippen molar-refractivity contribution in [2.45, 2.75) is 13.8 Å². The third kappa shape index (κ3) is 2.17. The second-order valence-electron chi connectivity index (χ2n) is 2.91. The summed E-state index contributed by atoms with van der Waals surface area (Å²) in [5, 5.41) is 0.374. The van der Waals surface area contributed by atoms with E-state index in [9.17, 15) is 4.79 Å². The van der Waals surface area contributed by atoms with Gasteiger partial charge in [0, 0.05) is 0 Å². The van der Waals surface area contributed by atoms with Gasteiger partial charge < -0.3 is 10.5 Å². The number of benzene rings is 1. The van der Waals surface area contributed by atoms with Crippen molar-refractivity contribution in [1.82, 2.24) is 0 Å². The van der Waals surface area contributed by atoms with E-state index in [4.69, 9.17) is 22.1 Å². The van der Waals surface area contributed by atoms with Crippen molar-refractivity contribution in [2.75, 3.05) is 12.3 Å². The first kappa shape index (κ1) is 10.9. The summed E-state index contributed by atoms with van der Waals surface area (Å²) in [6.07, 6.45) is 0. The molecule has 0 spiro atoms. The molecular weight excluding hydrogens is 202 g/mol. The second-order valence-corrected chi connectivity index (χ2v) is 3.32. The lowest BCUT2D eigenvalue weighted by Gasteiger charge is -2.07. The lowest BCUT2D eigenvalue weighted by molar-refractivity contribution is 0.0525. The highest BCUT2D eigenvalue weighted by molar-refractivity contribution is 6.33. The summed E-state index contributed by atoms with van der Waals surface area (Å²) in [4.78, 5) is 11.4. The zero-order valence-electron chi connectivity index (χ0n) is 8.13. The number of anilines is 1. The Hall–Kier alpha value is -1.22. The summed E-state index contributed by atoms with van der Waals surface area (Å²) >= 11 is 5.80. The lowest BCUT2D eigenvalue weighted by Crippen LogP contribution is -2.07. The van der Waals surface area contributed by atoms with Gasteiger partial charge in [0.25, 0.3) is 0 Å². The highest BCUT2D eigenvalue weighted by Gasteiger charge is 2.11. The van der Waals surface area contributed by atoms with Crippen LogP contribution in [0.1, 0.15) is 22.8 Å². The fourth-order valence-corrected chi connectivity index (χ4v) is 1.30. The van der Waals surface area contributed by atoms with Gasteiger partial charge in [-0.1, -0.05) is 11.6 Å². The number of hydrogen-bond acceptors (Lipinski definition) is 3. The van der Waals surface area contributed by atoms with Crippen molar-refractivity contribution >= 4 is 23.3 Å². The van der Waals surface area contributed by atoms with Gasteiger partial charge in [-0.25, -0.2) is 4.79 Å². The topological polar surface area (TPSA) is 52.3 Å². The first-order valence-corrected chi connectivity index (χ1v) is 4.66. The molecular formula is C10H12ClNO2. The zero-order chi connectivity index (χ0) is 10.7. The normalized spacial score (nSPS) is 9.93. The third-order valence-electron chi connectivity index (χ3n) is 1.84. The first-order chi connectivity index (χ1) is 6.56. The molecule has 0 aromatic heterocycles. The fourth-order valence-electron chi connectivity index (χ4n) is 1.13. The molecule has 0 aliphatic rings. The van der Waals surface area contributed by atoms with Crippen LogP contribution >= 0.6 is 11.6 Å². The van der Waals surface area contributed by atoms with Crippen LogP contribution in [0.3, 0.4) is 0 Å².